The molecule has 2 rings (SSSR count). The maximum absolute atomic E-state index is 4.85. The molecule has 0 aromatic rings. The normalized spacial score (nSPS) is 22.3. The van der Waals surface area contributed by atoms with E-state index < -0.39 is 0 Å². The Kier molecular flexibility index (Phi) is 6.34. The molecule has 1 aliphatic carbocycles. The lowest BCUT2D eigenvalue weighted by molar-refractivity contribution is 0.203. The summed E-state index contributed by atoms with van der Waals surface area (Å²) < 4.78 is 0. The van der Waals surface area contributed by atoms with Crippen LogP contribution >= 0.6 is 0 Å². The highest BCUT2D eigenvalue weighted by Gasteiger charge is 2.39. The molecule has 0 unspecified atom stereocenters. The van der Waals surface area contributed by atoms with Gasteiger partial charge in [0.05, 0.1) is 0 Å². The molecule has 1 saturated carbocycles. The lowest BCUT2D eigenvalue weighted by Crippen LogP contribution is -2.41. The predicted octanol–water partition coefficient (Wildman–Crippen LogP) is 2.56. The fraction of sp³-hybridized carbons (Fsp3) is 0.941. The van der Waals surface area contributed by atoms with Crippen molar-refractivity contribution in [2.75, 3.05) is 46.8 Å². The Hall–Kier alpha value is -0.770. The van der Waals surface area contributed by atoms with E-state index in [4.69, 9.17) is 4.99 Å². The third kappa shape index (κ3) is 4.87. The van der Waals surface area contributed by atoms with Gasteiger partial charge in [0.2, 0.25) is 0 Å². The molecule has 1 saturated heterocycles. The highest BCUT2D eigenvalue weighted by Crippen LogP contribution is 2.43. The Balaban J connectivity index is 1.87. The van der Waals surface area contributed by atoms with Gasteiger partial charge in [-0.15, -0.1) is 0 Å². The molecule has 1 aliphatic heterocycles. The number of hydrogen-bond donors (Lipinski definition) is 1. The number of nitrogens with one attached hydrogen (secondary N) is 1. The Morgan fingerprint density at radius 1 is 1.19 bits per heavy atom. The summed E-state index contributed by atoms with van der Waals surface area (Å²) in [6.45, 7) is 7.61. The molecule has 1 heterocycles. The topological polar surface area (TPSA) is 30.9 Å². The first-order valence-corrected chi connectivity index (χ1v) is 8.83. The molecule has 0 bridgehead atoms. The van der Waals surface area contributed by atoms with Crippen LogP contribution in [0.3, 0.4) is 0 Å². The van der Waals surface area contributed by atoms with Gasteiger partial charge in [-0.3, -0.25) is 4.99 Å². The summed E-state index contributed by atoms with van der Waals surface area (Å²) in [7, 11) is 4.25. The van der Waals surface area contributed by atoms with Crippen LogP contribution in [0.25, 0.3) is 0 Å². The molecule has 0 atom stereocenters. The van der Waals surface area contributed by atoms with E-state index in [1.54, 1.807) is 0 Å². The van der Waals surface area contributed by atoms with Crippen molar-refractivity contribution in [3.8, 4) is 0 Å². The molecule has 1 N–H and O–H groups in total. The van der Waals surface area contributed by atoms with E-state index in [0.717, 1.165) is 32.0 Å². The van der Waals surface area contributed by atoms with Crippen molar-refractivity contribution >= 4 is 5.96 Å². The summed E-state index contributed by atoms with van der Waals surface area (Å²) >= 11 is 0. The molecule has 4 nitrogen and oxygen atoms in total. The second kappa shape index (κ2) is 8.02. The van der Waals surface area contributed by atoms with Crippen molar-refractivity contribution in [1.29, 1.82) is 0 Å². The maximum Gasteiger partial charge on any atom is 0.193 e. The number of guanidine groups is 1. The van der Waals surface area contributed by atoms with Crippen molar-refractivity contribution in [1.82, 2.24) is 15.1 Å². The molecule has 2 fully saturated rings. The fourth-order valence-corrected chi connectivity index (χ4v) is 3.82. The fourth-order valence-electron chi connectivity index (χ4n) is 3.82. The zero-order chi connectivity index (χ0) is 15.1. The molecule has 0 radical (unpaired) electrons. The molecule has 0 aromatic carbocycles. The molecule has 2 aliphatic rings. The van der Waals surface area contributed by atoms with Crippen LogP contribution in [0.4, 0.5) is 0 Å². The first-order valence-electron chi connectivity index (χ1n) is 8.83. The van der Waals surface area contributed by atoms with Crippen LogP contribution in [0, 0.1) is 5.41 Å². The number of rotatable bonds is 5. The van der Waals surface area contributed by atoms with Crippen LogP contribution in [0.2, 0.25) is 0 Å². The van der Waals surface area contributed by atoms with E-state index in [9.17, 15) is 0 Å². The largest absolute Gasteiger partial charge is 0.357 e. The van der Waals surface area contributed by atoms with Crippen LogP contribution in [-0.4, -0.2) is 62.6 Å². The standard InChI is InChI=1S/C17H34N4/c1-4-18-16(19-12-8-13-20(2)3)21-14-11-17(15-21)9-6-5-7-10-17/h4-15H2,1-3H3,(H,18,19). The lowest BCUT2D eigenvalue weighted by Gasteiger charge is -2.33. The van der Waals surface area contributed by atoms with Gasteiger partial charge in [-0.1, -0.05) is 19.3 Å². The van der Waals surface area contributed by atoms with Gasteiger partial charge in [-0.05, 0) is 58.7 Å². The summed E-state index contributed by atoms with van der Waals surface area (Å²) in [6.07, 6.45) is 9.69. The van der Waals surface area contributed by atoms with Gasteiger partial charge in [0.1, 0.15) is 0 Å². The maximum atomic E-state index is 4.85. The van der Waals surface area contributed by atoms with Crippen molar-refractivity contribution in [3.63, 3.8) is 0 Å². The van der Waals surface area contributed by atoms with Gasteiger partial charge in [0, 0.05) is 26.2 Å². The predicted molar refractivity (Wildman–Crippen MR) is 90.9 cm³/mol. The number of nitrogens with zero attached hydrogens (tertiary/aromatic N) is 3. The van der Waals surface area contributed by atoms with E-state index in [1.807, 2.05) is 0 Å². The molecule has 21 heavy (non-hydrogen) atoms. The molecule has 122 valence electrons. The van der Waals surface area contributed by atoms with E-state index in [0.29, 0.717) is 5.41 Å². The molecular weight excluding hydrogens is 260 g/mol. The van der Waals surface area contributed by atoms with Gasteiger partial charge in [0.25, 0.3) is 0 Å². The highest BCUT2D eigenvalue weighted by molar-refractivity contribution is 5.80. The molecular formula is C17H34N4. The second-order valence-electron chi connectivity index (χ2n) is 7.12. The summed E-state index contributed by atoms with van der Waals surface area (Å²) in [4.78, 5) is 9.60. The van der Waals surface area contributed by atoms with Crippen molar-refractivity contribution in [3.05, 3.63) is 0 Å². The first kappa shape index (κ1) is 16.6. The van der Waals surface area contributed by atoms with Gasteiger partial charge < -0.3 is 15.1 Å². The third-order valence-electron chi connectivity index (χ3n) is 5.01. The minimum Gasteiger partial charge on any atom is -0.357 e. The van der Waals surface area contributed by atoms with Crippen LogP contribution in [0.15, 0.2) is 4.99 Å². The van der Waals surface area contributed by atoms with Gasteiger partial charge >= 0.3 is 0 Å². The Bertz CT molecular complexity index is 332. The monoisotopic (exact) mass is 294 g/mol. The van der Waals surface area contributed by atoms with E-state index in [2.05, 4.69) is 36.1 Å². The van der Waals surface area contributed by atoms with Gasteiger partial charge in [-0.25, -0.2) is 0 Å². The molecule has 0 amide bonds. The quantitative estimate of drug-likeness (QED) is 0.480. The van der Waals surface area contributed by atoms with E-state index >= 15 is 0 Å². The van der Waals surface area contributed by atoms with E-state index in [-0.39, 0.29) is 0 Å². The lowest BCUT2D eigenvalue weighted by atomic mass is 9.73. The highest BCUT2D eigenvalue weighted by atomic mass is 15.3. The zero-order valence-corrected chi connectivity index (χ0v) is 14.3. The Labute approximate surface area is 131 Å². The van der Waals surface area contributed by atoms with Gasteiger partial charge in [0.15, 0.2) is 5.96 Å². The average Bonchev–Trinajstić information content (AvgIpc) is 2.86. The molecule has 4 heteroatoms. The average molecular weight is 294 g/mol. The third-order valence-corrected chi connectivity index (χ3v) is 5.01. The van der Waals surface area contributed by atoms with Crippen molar-refractivity contribution in [2.45, 2.75) is 51.9 Å². The second-order valence-corrected chi connectivity index (χ2v) is 7.12. The number of likely N-dealkylation sites (tertiary alicyclic amines) is 1. The molecule has 1 spiro atoms. The van der Waals surface area contributed by atoms with Crippen molar-refractivity contribution in [2.24, 2.45) is 10.4 Å². The minimum absolute atomic E-state index is 0.609. The number of hydrogen-bond acceptors (Lipinski definition) is 2. The van der Waals surface area contributed by atoms with Crippen LogP contribution in [0.5, 0.6) is 0 Å². The SMILES string of the molecule is CCNC(=NCCCN(C)C)N1CCC2(CCCCC2)C1. The summed E-state index contributed by atoms with van der Waals surface area (Å²) in [5.41, 5.74) is 0.609. The van der Waals surface area contributed by atoms with E-state index in [1.165, 1.54) is 51.6 Å². The van der Waals surface area contributed by atoms with Crippen molar-refractivity contribution < 1.29 is 0 Å². The summed E-state index contributed by atoms with van der Waals surface area (Å²) in [5, 5.41) is 3.50. The summed E-state index contributed by atoms with van der Waals surface area (Å²) in [6, 6.07) is 0. The Morgan fingerprint density at radius 3 is 2.62 bits per heavy atom. The van der Waals surface area contributed by atoms with Crippen LogP contribution < -0.4 is 5.32 Å². The van der Waals surface area contributed by atoms with Gasteiger partial charge in [-0.2, -0.15) is 0 Å². The first-order chi connectivity index (χ1) is 10.2. The molecule has 0 aromatic heterocycles. The minimum atomic E-state index is 0.609. The Morgan fingerprint density at radius 2 is 1.95 bits per heavy atom. The smallest absolute Gasteiger partial charge is 0.193 e. The van der Waals surface area contributed by atoms with Crippen LogP contribution in [0.1, 0.15) is 51.9 Å². The zero-order valence-electron chi connectivity index (χ0n) is 14.3. The summed E-state index contributed by atoms with van der Waals surface area (Å²) in [5.74, 6) is 1.15. The van der Waals surface area contributed by atoms with Crippen LogP contribution in [-0.2, 0) is 0 Å². The number of aliphatic imine (C=N–C) groups is 1.